The molecule has 3 aliphatic heterocycles. The highest BCUT2D eigenvalue weighted by molar-refractivity contribution is 6.08. The first-order chi connectivity index (χ1) is 18.5. The van der Waals surface area contributed by atoms with Gasteiger partial charge in [0.15, 0.2) is 0 Å². The molecular weight excluding hydrogens is 503 g/mol. The Balaban J connectivity index is 1.15. The Morgan fingerprint density at radius 3 is 2.38 bits per heavy atom. The SMILES string of the molecule is CC(C)(C)c1ccc(N2CCCN(CCCC(=O)N3CCC(N=C4CCN=C(C(F)(F)F)C4)CC3)CC2)cc1. The molecule has 1 aromatic rings. The monoisotopic (exact) mass is 547 g/mol. The smallest absolute Gasteiger partial charge is 0.370 e. The van der Waals surface area contributed by atoms with Crippen molar-refractivity contribution in [1.82, 2.24) is 9.80 Å². The van der Waals surface area contributed by atoms with Gasteiger partial charge in [0.05, 0.1) is 6.04 Å². The van der Waals surface area contributed by atoms with E-state index in [0.717, 1.165) is 45.6 Å². The van der Waals surface area contributed by atoms with Crippen LogP contribution in [-0.2, 0) is 10.2 Å². The summed E-state index contributed by atoms with van der Waals surface area (Å²) in [5, 5.41) is 0. The zero-order valence-electron chi connectivity index (χ0n) is 23.8. The molecule has 0 aromatic heterocycles. The van der Waals surface area contributed by atoms with E-state index < -0.39 is 11.9 Å². The molecule has 216 valence electrons. The van der Waals surface area contributed by atoms with Crippen molar-refractivity contribution in [3.05, 3.63) is 29.8 Å². The highest BCUT2D eigenvalue weighted by atomic mass is 19.4. The lowest BCUT2D eigenvalue weighted by Gasteiger charge is -2.31. The normalized spacial score (nSPS) is 21.7. The van der Waals surface area contributed by atoms with Gasteiger partial charge in [-0.25, -0.2) is 0 Å². The molecule has 0 saturated carbocycles. The van der Waals surface area contributed by atoms with Crippen LogP contribution in [0, 0.1) is 0 Å². The molecule has 0 radical (unpaired) electrons. The number of piperidine rings is 1. The summed E-state index contributed by atoms with van der Waals surface area (Å²) in [5.74, 6) is 0.181. The summed E-state index contributed by atoms with van der Waals surface area (Å²) < 4.78 is 38.9. The summed E-state index contributed by atoms with van der Waals surface area (Å²) in [6.07, 6.45) is -0.140. The molecular formula is C30H44F3N5O. The van der Waals surface area contributed by atoms with E-state index in [4.69, 9.17) is 0 Å². The number of rotatable bonds is 6. The molecule has 2 saturated heterocycles. The predicted molar refractivity (Wildman–Crippen MR) is 152 cm³/mol. The number of benzene rings is 1. The van der Waals surface area contributed by atoms with Gasteiger partial charge in [-0.1, -0.05) is 32.9 Å². The Morgan fingerprint density at radius 1 is 1.00 bits per heavy atom. The average molecular weight is 548 g/mol. The fourth-order valence-electron chi connectivity index (χ4n) is 5.70. The van der Waals surface area contributed by atoms with E-state index >= 15 is 0 Å². The van der Waals surface area contributed by atoms with Crippen LogP contribution in [0.25, 0.3) is 0 Å². The minimum Gasteiger partial charge on any atom is -0.370 e. The van der Waals surface area contributed by atoms with Crippen LogP contribution in [0.4, 0.5) is 18.9 Å². The highest BCUT2D eigenvalue weighted by Crippen LogP contribution is 2.26. The van der Waals surface area contributed by atoms with Crippen molar-refractivity contribution in [2.24, 2.45) is 9.98 Å². The first-order valence-electron chi connectivity index (χ1n) is 14.5. The Hall–Kier alpha value is -2.42. The van der Waals surface area contributed by atoms with Crippen molar-refractivity contribution < 1.29 is 18.0 Å². The van der Waals surface area contributed by atoms with E-state index in [-0.39, 0.29) is 30.3 Å². The van der Waals surface area contributed by atoms with Crippen LogP contribution in [0.2, 0.25) is 0 Å². The van der Waals surface area contributed by atoms with Crippen LogP contribution in [0.15, 0.2) is 34.3 Å². The van der Waals surface area contributed by atoms with Gasteiger partial charge in [-0.3, -0.25) is 14.8 Å². The Labute approximate surface area is 231 Å². The van der Waals surface area contributed by atoms with Crippen molar-refractivity contribution in [3.8, 4) is 0 Å². The molecule has 1 aromatic carbocycles. The van der Waals surface area contributed by atoms with Crippen LogP contribution in [0.5, 0.6) is 0 Å². The van der Waals surface area contributed by atoms with Crippen molar-refractivity contribution in [2.75, 3.05) is 57.3 Å². The third-order valence-electron chi connectivity index (χ3n) is 8.14. The summed E-state index contributed by atoms with van der Waals surface area (Å²) >= 11 is 0. The molecule has 0 spiro atoms. The Kier molecular flexibility index (Phi) is 9.73. The summed E-state index contributed by atoms with van der Waals surface area (Å²) in [6, 6.07) is 8.98. The summed E-state index contributed by atoms with van der Waals surface area (Å²) in [4.78, 5) is 27.9. The first-order valence-corrected chi connectivity index (χ1v) is 14.5. The third-order valence-corrected chi connectivity index (χ3v) is 8.14. The second kappa shape index (κ2) is 12.8. The minimum atomic E-state index is -4.37. The van der Waals surface area contributed by atoms with Crippen LogP contribution in [-0.4, -0.2) is 91.7 Å². The zero-order chi connectivity index (χ0) is 28.0. The minimum absolute atomic E-state index is 0.00125. The number of halogens is 3. The number of nitrogens with zero attached hydrogens (tertiary/aromatic N) is 5. The lowest BCUT2D eigenvalue weighted by atomic mass is 9.87. The zero-order valence-corrected chi connectivity index (χ0v) is 23.8. The molecule has 3 aliphatic rings. The number of carbonyl (C=O) groups is 1. The van der Waals surface area contributed by atoms with Gasteiger partial charge in [-0.05, 0) is 61.9 Å². The van der Waals surface area contributed by atoms with E-state index in [1.165, 1.54) is 11.3 Å². The molecule has 6 nitrogen and oxygen atoms in total. The van der Waals surface area contributed by atoms with Crippen LogP contribution in [0.1, 0.15) is 71.3 Å². The molecule has 2 fully saturated rings. The van der Waals surface area contributed by atoms with Crippen LogP contribution >= 0.6 is 0 Å². The van der Waals surface area contributed by atoms with Gasteiger partial charge >= 0.3 is 6.18 Å². The molecule has 4 rings (SSSR count). The summed E-state index contributed by atoms with van der Waals surface area (Å²) in [5.41, 5.74) is 2.67. The second-order valence-electron chi connectivity index (χ2n) is 12.1. The summed E-state index contributed by atoms with van der Waals surface area (Å²) in [6.45, 7) is 13.2. The van der Waals surface area contributed by atoms with Gasteiger partial charge in [-0.15, -0.1) is 0 Å². The summed E-state index contributed by atoms with van der Waals surface area (Å²) in [7, 11) is 0. The highest BCUT2D eigenvalue weighted by Gasteiger charge is 2.37. The molecule has 9 heteroatoms. The number of aliphatic imine (C=N–C) groups is 2. The maximum Gasteiger partial charge on any atom is 0.429 e. The first kappa shape index (κ1) is 29.6. The molecule has 3 heterocycles. The average Bonchev–Trinajstić information content (AvgIpc) is 3.14. The lowest BCUT2D eigenvalue weighted by Crippen LogP contribution is -2.40. The maximum atomic E-state index is 13.0. The standard InChI is InChI=1S/C30H44F3N5O/c1-29(2,3)23-7-9-26(10-8-23)37-17-5-16-36(20-21-37)15-4-6-28(39)38-18-12-24(13-19-38)35-25-11-14-34-27(22-25)30(31,32)33/h7-10,24H,4-6,11-22H2,1-3H3. The van der Waals surface area contributed by atoms with Gasteiger partial charge in [0.2, 0.25) is 5.91 Å². The van der Waals surface area contributed by atoms with Crippen molar-refractivity contribution in [3.63, 3.8) is 0 Å². The largest absolute Gasteiger partial charge is 0.429 e. The molecule has 0 bridgehead atoms. The fraction of sp³-hybridized carbons (Fsp3) is 0.700. The van der Waals surface area contributed by atoms with Gasteiger partial charge in [-0.2, -0.15) is 13.2 Å². The van der Waals surface area contributed by atoms with Crippen molar-refractivity contribution in [1.29, 1.82) is 0 Å². The lowest BCUT2D eigenvalue weighted by molar-refractivity contribution is -0.132. The van der Waals surface area contributed by atoms with Gasteiger partial charge in [0, 0.05) is 69.9 Å². The number of alkyl halides is 3. The fourth-order valence-corrected chi connectivity index (χ4v) is 5.70. The number of amides is 1. The van der Waals surface area contributed by atoms with E-state index in [1.54, 1.807) is 0 Å². The quantitative estimate of drug-likeness (QED) is 0.472. The molecule has 0 aliphatic carbocycles. The van der Waals surface area contributed by atoms with Crippen molar-refractivity contribution in [2.45, 2.75) is 83.4 Å². The van der Waals surface area contributed by atoms with Gasteiger partial charge in [0.25, 0.3) is 0 Å². The number of carbonyl (C=O) groups excluding carboxylic acids is 1. The van der Waals surface area contributed by atoms with Crippen molar-refractivity contribution >= 4 is 23.0 Å². The van der Waals surface area contributed by atoms with E-state index in [0.29, 0.717) is 44.5 Å². The topological polar surface area (TPSA) is 51.5 Å². The maximum absolute atomic E-state index is 13.0. The molecule has 1 amide bonds. The number of hydrogen-bond acceptors (Lipinski definition) is 5. The van der Waals surface area contributed by atoms with E-state index in [1.807, 2.05) is 4.90 Å². The van der Waals surface area contributed by atoms with E-state index in [9.17, 15) is 18.0 Å². The predicted octanol–water partition coefficient (Wildman–Crippen LogP) is 5.51. The number of anilines is 1. The van der Waals surface area contributed by atoms with Crippen LogP contribution in [0.3, 0.4) is 0 Å². The molecule has 0 unspecified atom stereocenters. The Morgan fingerprint density at radius 2 is 1.72 bits per heavy atom. The molecule has 39 heavy (non-hydrogen) atoms. The third kappa shape index (κ3) is 8.53. The van der Waals surface area contributed by atoms with E-state index in [2.05, 4.69) is 64.8 Å². The van der Waals surface area contributed by atoms with Gasteiger partial charge in [0.1, 0.15) is 5.71 Å². The molecule has 0 atom stereocenters. The number of hydrogen-bond donors (Lipinski definition) is 0. The second-order valence-corrected chi connectivity index (χ2v) is 12.1. The number of likely N-dealkylation sites (tertiary alicyclic amines) is 1. The Bertz CT molecular complexity index is 1020. The van der Waals surface area contributed by atoms with Gasteiger partial charge < -0.3 is 14.7 Å². The molecule has 0 N–H and O–H groups in total. The van der Waals surface area contributed by atoms with Crippen LogP contribution < -0.4 is 4.90 Å².